The van der Waals surface area contributed by atoms with Crippen LogP contribution in [0.25, 0.3) is 11.3 Å². The number of rotatable bonds is 4. The molecule has 1 N–H and O–H groups in total. The van der Waals surface area contributed by atoms with E-state index in [9.17, 15) is 13.2 Å². The number of piperidine rings is 1. The van der Waals surface area contributed by atoms with Crippen molar-refractivity contribution in [3.8, 4) is 11.3 Å². The summed E-state index contributed by atoms with van der Waals surface area (Å²) in [6.45, 7) is 3.56. The van der Waals surface area contributed by atoms with Gasteiger partial charge < -0.3 is 5.32 Å². The smallest absolute Gasteiger partial charge is 0.227 e. The number of thiazole rings is 1. The summed E-state index contributed by atoms with van der Waals surface area (Å²) in [4.78, 5) is 19.5. The molecule has 3 heterocycles. The summed E-state index contributed by atoms with van der Waals surface area (Å²) in [6, 6.07) is 7.93. The number of amides is 1. The highest BCUT2D eigenvalue weighted by Gasteiger charge is 2.35. The van der Waals surface area contributed by atoms with Crippen LogP contribution in [0.15, 0.2) is 29.6 Å². The Morgan fingerprint density at radius 3 is 2.68 bits per heavy atom. The van der Waals surface area contributed by atoms with Crippen LogP contribution < -0.4 is 5.32 Å². The Hall–Kier alpha value is -1.77. The van der Waals surface area contributed by atoms with Crippen molar-refractivity contribution in [3.63, 3.8) is 0 Å². The second-order valence-electron chi connectivity index (χ2n) is 7.69. The Bertz CT molecular complexity index is 963. The van der Waals surface area contributed by atoms with Gasteiger partial charge in [0.25, 0.3) is 0 Å². The highest BCUT2D eigenvalue weighted by atomic mass is 32.2. The number of likely N-dealkylation sites (tertiary alicyclic amines) is 1. The first-order valence-corrected chi connectivity index (χ1v) is 12.4. The molecule has 0 spiro atoms. The van der Waals surface area contributed by atoms with Crippen LogP contribution in [0.5, 0.6) is 0 Å². The molecule has 8 heteroatoms. The number of aromatic nitrogens is 1. The van der Waals surface area contributed by atoms with Gasteiger partial charge in [0.1, 0.15) is 0 Å². The van der Waals surface area contributed by atoms with Gasteiger partial charge in [-0.3, -0.25) is 9.69 Å². The zero-order valence-electron chi connectivity index (χ0n) is 15.9. The summed E-state index contributed by atoms with van der Waals surface area (Å²) >= 11 is 1.61. The summed E-state index contributed by atoms with van der Waals surface area (Å²) in [5, 5.41) is 6.09. The van der Waals surface area contributed by atoms with Crippen molar-refractivity contribution < 1.29 is 13.2 Å². The average Bonchev–Trinajstić information content (AvgIpc) is 3.27. The molecule has 150 valence electrons. The number of sulfone groups is 1. The van der Waals surface area contributed by atoms with Crippen LogP contribution in [0.1, 0.15) is 24.3 Å². The first-order chi connectivity index (χ1) is 13.4. The van der Waals surface area contributed by atoms with Crippen LogP contribution in [-0.2, 0) is 14.6 Å². The van der Waals surface area contributed by atoms with Crippen molar-refractivity contribution in [2.75, 3.05) is 29.9 Å². The van der Waals surface area contributed by atoms with E-state index in [1.807, 2.05) is 36.6 Å². The third kappa shape index (κ3) is 4.45. The van der Waals surface area contributed by atoms with Gasteiger partial charge in [0.2, 0.25) is 5.91 Å². The number of nitrogens with zero attached hydrogens (tertiary/aromatic N) is 2. The van der Waals surface area contributed by atoms with Gasteiger partial charge in [-0.2, -0.15) is 0 Å². The number of hydrogen-bond acceptors (Lipinski definition) is 6. The maximum atomic E-state index is 12.7. The van der Waals surface area contributed by atoms with Crippen molar-refractivity contribution in [2.45, 2.75) is 32.2 Å². The van der Waals surface area contributed by atoms with Crippen LogP contribution in [0.3, 0.4) is 0 Å². The molecule has 2 saturated heterocycles. The minimum atomic E-state index is -2.87. The third-order valence-electron chi connectivity index (χ3n) is 5.67. The van der Waals surface area contributed by atoms with E-state index >= 15 is 0 Å². The molecule has 0 saturated carbocycles. The fourth-order valence-electron chi connectivity index (χ4n) is 4.09. The van der Waals surface area contributed by atoms with Gasteiger partial charge >= 0.3 is 0 Å². The number of benzene rings is 1. The molecule has 2 aliphatic heterocycles. The quantitative estimate of drug-likeness (QED) is 0.824. The minimum Gasteiger partial charge on any atom is -0.326 e. The van der Waals surface area contributed by atoms with Crippen molar-refractivity contribution in [2.24, 2.45) is 5.92 Å². The topological polar surface area (TPSA) is 79.4 Å². The summed E-state index contributed by atoms with van der Waals surface area (Å²) in [7, 11) is -2.87. The molecular weight excluding hydrogens is 394 g/mol. The van der Waals surface area contributed by atoms with E-state index in [-0.39, 0.29) is 23.6 Å². The van der Waals surface area contributed by atoms with Gasteiger partial charge in [0, 0.05) is 28.6 Å². The number of anilines is 1. The normalized spacial score (nSPS) is 23.0. The van der Waals surface area contributed by atoms with Crippen molar-refractivity contribution in [3.05, 3.63) is 34.7 Å². The van der Waals surface area contributed by atoms with E-state index in [1.54, 1.807) is 11.3 Å². The van der Waals surface area contributed by atoms with Gasteiger partial charge in [0.05, 0.1) is 22.2 Å². The largest absolute Gasteiger partial charge is 0.326 e. The number of carbonyl (C=O) groups excluding carboxylic acids is 1. The molecule has 28 heavy (non-hydrogen) atoms. The molecule has 0 aliphatic carbocycles. The molecule has 4 rings (SSSR count). The average molecular weight is 420 g/mol. The molecule has 2 aliphatic rings. The van der Waals surface area contributed by atoms with Gasteiger partial charge in [-0.1, -0.05) is 12.1 Å². The summed E-state index contributed by atoms with van der Waals surface area (Å²) in [5.74, 6) is 0.587. The van der Waals surface area contributed by atoms with Crippen molar-refractivity contribution >= 4 is 32.8 Å². The number of hydrogen-bond donors (Lipinski definition) is 1. The van der Waals surface area contributed by atoms with E-state index in [4.69, 9.17) is 0 Å². The van der Waals surface area contributed by atoms with Gasteiger partial charge in [-0.25, -0.2) is 13.4 Å². The first kappa shape index (κ1) is 19.5. The molecule has 2 aromatic rings. The second kappa shape index (κ2) is 7.93. The van der Waals surface area contributed by atoms with Crippen LogP contribution in [0, 0.1) is 12.8 Å². The van der Waals surface area contributed by atoms with E-state index < -0.39 is 9.84 Å². The van der Waals surface area contributed by atoms with Gasteiger partial charge in [0.15, 0.2) is 9.84 Å². The number of nitrogens with one attached hydrogen (secondary N) is 1. The van der Waals surface area contributed by atoms with Gasteiger partial charge in [-0.15, -0.1) is 11.3 Å². The highest BCUT2D eigenvalue weighted by molar-refractivity contribution is 7.91. The SMILES string of the molecule is Cc1nc(-c2cccc(NC(=O)C3CCN(C4CCS(=O)(=O)C4)CC3)c2)cs1. The first-order valence-electron chi connectivity index (χ1n) is 9.67. The zero-order valence-corrected chi connectivity index (χ0v) is 17.6. The molecule has 2 fully saturated rings. The molecule has 0 radical (unpaired) electrons. The molecule has 1 atom stereocenters. The lowest BCUT2D eigenvalue weighted by molar-refractivity contribution is -0.121. The van der Waals surface area contributed by atoms with Crippen molar-refractivity contribution in [1.82, 2.24) is 9.88 Å². The standard InChI is InChI=1S/C20H25N3O3S2/c1-14-21-19(12-27-14)16-3-2-4-17(11-16)22-20(24)15-5-8-23(9-6-15)18-7-10-28(25,26)13-18/h2-4,11-12,15,18H,5-10,13H2,1H3,(H,22,24). The maximum Gasteiger partial charge on any atom is 0.227 e. The molecular formula is C20H25N3O3S2. The number of aryl methyl sites for hydroxylation is 1. The van der Waals surface area contributed by atoms with E-state index in [0.717, 1.165) is 54.3 Å². The molecule has 1 amide bonds. The molecule has 1 aromatic heterocycles. The van der Waals surface area contributed by atoms with E-state index in [2.05, 4.69) is 15.2 Å². The lowest BCUT2D eigenvalue weighted by atomic mass is 9.94. The van der Waals surface area contributed by atoms with Crippen LogP contribution in [-0.4, -0.2) is 54.8 Å². The fourth-order valence-corrected chi connectivity index (χ4v) is 6.47. The van der Waals surface area contributed by atoms with Crippen LogP contribution >= 0.6 is 11.3 Å². The second-order valence-corrected chi connectivity index (χ2v) is 11.0. The fraction of sp³-hybridized carbons (Fsp3) is 0.500. The predicted molar refractivity (Wildman–Crippen MR) is 112 cm³/mol. The maximum absolute atomic E-state index is 12.7. The Kier molecular flexibility index (Phi) is 5.53. The molecule has 0 bridgehead atoms. The van der Waals surface area contributed by atoms with Crippen molar-refractivity contribution in [1.29, 1.82) is 0 Å². The highest BCUT2D eigenvalue weighted by Crippen LogP contribution is 2.27. The predicted octanol–water partition coefficient (Wildman–Crippen LogP) is 2.96. The number of carbonyl (C=O) groups is 1. The monoisotopic (exact) mass is 419 g/mol. The van der Waals surface area contributed by atoms with E-state index in [0.29, 0.717) is 5.75 Å². The molecule has 6 nitrogen and oxygen atoms in total. The zero-order chi connectivity index (χ0) is 19.7. The van der Waals surface area contributed by atoms with Crippen LogP contribution in [0.2, 0.25) is 0 Å². The minimum absolute atomic E-state index is 0.0283. The lowest BCUT2D eigenvalue weighted by Crippen LogP contribution is -2.44. The summed E-state index contributed by atoms with van der Waals surface area (Å²) < 4.78 is 23.4. The Morgan fingerprint density at radius 2 is 2.04 bits per heavy atom. The third-order valence-corrected chi connectivity index (χ3v) is 8.19. The molecule has 1 unspecified atom stereocenters. The summed E-state index contributed by atoms with van der Waals surface area (Å²) in [6.07, 6.45) is 2.27. The van der Waals surface area contributed by atoms with Gasteiger partial charge in [-0.05, 0) is 51.4 Å². The Labute approximate surface area is 169 Å². The molecule has 1 aromatic carbocycles. The Balaban J connectivity index is 1.34. The van der Waals surface area contributed by atoms with Crippen LogP contribution in [0.4, 0.5) is 5.69 Å². The lowest BCUT2D eigenvalue weighted by Gasteiger charge is -2.34. The van der Waals surface area contributed by atoms with E-state index in [1.165, 1.54) is 0 Å². The summed E-state index contributed by atoms with van der Waals surface area (Å²) in [5.41, 5.74) is 2.72. The Morgan fingerprint density at radius 1 is 1.25 bits per heavy atom.